The molecule has 0 saturated heterocycles. The summed E-state index contributed by atoms with van der Waals surface area (Å²) in [4.78, 5) is 38.4. The highest BCUT2D eigenvalue weighted by Crippen LogP contribution is 2.19. The summed E-state index contributed by atoms with van der Waals surface area (Å²) < 4.78 is 17.0. The van der Waals surface area contributed by atoms with E-state index in [4.69, 9.17) is 14.2 Å². The van der Waals surface area contributed by atoms with Crippen LogP contribution in [-0.4, -0.2) is 37.2 Å². The van der Waals surface area contributed by atoms with E-state index in [1.807, 2.05) is 0 Å². The van der Waals surface area contributed by atoms with Gasteiger partial charge in [0.2, 0.25) is 0 Å². The summed E-state index contributed by atoms with van der Waals surface area (Å²) in [5, 5.41) is 0. The SMILES string of the molecule is CCCCCCC/C=C\C/C=C\C/C=C\CCCCCCCCCCCCCCCCCCCCC(=O)OCC(COC(=O)CCCCCCC/C=C\CCCCCCC)OC(=O)CCCCCCCCCCCCCCCCCCCC. The number of ether oxygens (including phenoxy) is 3. The van der Waals surface area contributed by atoms with E-state index in [1.54, 1.807) is 0 Å². The maximum atomic E-state index is 12.9. The lowest BCUT2D eigenvalue weighted by Gasteiger charge is -2.18. The Morgan fingerprint density at radius 2 is 0.434 bits per heavy atom. The van der Waals surface area contributed by atoms with Crippen LogP contribution in [0.15, 0.2) is 48.6 Å². The number of carbonyl (C=O) groups excluding carboxylic acids is 3. The minimum Gasteiger partial charge on any atom is -0.462 e. The maximum absolute atomic E-state index is 12.9. The number of unbranched alkanes of at least 4 members (excludes halogenated alkanes) is 50. The number of rotatable bonds is 69. The standard InChI is InChI=1S/C77H142O6/c1-4-7-10-13-16-19-22-25-28-30-32-33-34-35-36-37-38-39-40-41-42-43-44-45-46-48-49-52-55-58-61-64-67-70-76(79)82-73-74(72-81-75(78)69-66-63-60-57-54-51-27-24-21-18-15-12-9-6-3)83-77(80)71-68-65-62-59-56-53-50-47-31-29-26-23-20-17-14-11-8-5-2/h22,24-25,27,30,32,34-35,74H,4-21,23,26,28-29,31,33,36-73H2,1-3H3/b25-22-,27-24-,32-30-,35-34-. The monoisotopic (exact) mass is 1160 g/mol. The van der Waals surface area contributed by atoms with Gasteiger partial charge >= 0.3 is 17.9 Å². The van der Waals surface area contributed by atoms with Gasteiger partial charge in [-0.25, -0.2) is 0 Å². The Bertz CT molecular complexity index is 1430. The highest BCUT2D eigenvalue weighted by atomic mass is 16.6. The number of carbonyl (C=O) groups is 3. The Morgan fingerprint density at radius 1 is 0.241 bits per heavy atom. The Labute approximate surface area is 518 Å². The molecule has 0 bridgehead atoms. The third kappa shape index (κ3) is 70.0. The Kier molecular flexibility index (Phi) is 69.6. The molecule has 0 aliphatic heterocycles. The number of hydrogen-bond acceptors (Lipinski definition) is 6. The van der Waals surface area contributed by atoms with Crippen molar-refractivity contribution in [2.45, 2.75) is 412 Å². The molecule has 0 aliphatic carbocycles. The van der Waals surface area contributed by atoms with E-state index in [2.05, 4.69) is 69.4 Å². The molecule has 0 spiro atoms. The Morgan fingerprint density at radius 3 is 0.687 bits per heavy atom. The van der Waals surface area contributed by atoms with Crippen LogP contribution < -0.4 is 0 Å². The van der Waals surface area contributed by atoms with E-state index in [0.29, 0.717) is 19.3 Å². The zero-order valence-corrected chi connectivity index (χ0v) is 56.0. The zero-order chi connectivity index (χ0) is 59.9. The fourth-order valence-corrected chi connectivity index (χ4v) is 11.2. The van der Waals surface area contributed by atoms with Crippen LogP contribution in [0, 0.1) is 0 Å². The fourth-order valence-electron chi connectivity index (χ4n) is 11.2. The van der Waals surface area contributed by atoms with Crippen molar-refractivity contribution in [1.29, 1.82) is 0 Å². The predicted molar refractivity (Wildman–Crippen MR) is 362 cm³/mol. The highest BCUT2D eigenvalue weighted by Gasteiger charge is 2.19. The lowest BCUT2D eigenvalue weighted by atomic mass is 10.0. The summed E-state index contributed by atoms with van der Waals surface area (Å²) in [6.45, 7) is 6.68. The minimum atomic E-state index is -0.774. The Hall–Kier alpha value is -2.63. The van der Waals surface area contributed by atoms with Crippen LogP contribution in [-0.2, 0) is 28.6 Å². The van der Waals surface area contributed by atoms with Gasteiger partial charge < -0.3 is 14.2 Å². The summed E-state index contributed by atoms with van der Waals surface area (Å²) in [6, 6.07) is 0. The summed E-state index contributed by atoms with van der Waals surface area (Å²) in [7, 11) is 0. The van der Waals surface area contributed by atoms with E-state index >= 15 is 0 Å². The molecule has 0 aromatic carbocycles. The number of esters is 3. The molecule has 0 aliphatic rings. The van der Waals surface area contributed by atoms with Gasteiger partial charge in [0.05, 0.1) is 0 Å². The molecule has 83 heavy (non-hydrogen) atoms. The van der Waals surface area contributed by atoms with Gasteiger partial charge in [0.25, 0.3) is 0 Å². The lowest BCUT2D eigenvalue weighted by molar-refractivity contribution is -0.167. The third-order valence-corrected chi connectivity index (χ3v) is 16.8. The van der Waals surface area contributed by atoms with E-state index < -0.39 is 6.10 Å². The van der Waals surface area contributed by atoms with Gasteiger partial charge in [0.1, 0.15) is 13.2 Å². The molecule has 0 rings (SSSR count). The molecule has 1 unspecified atom stereocenters. The number of hydrogen-bond donors (Lipinski definition) is 0. The molecular weight excluding hydrogens is 1020 g/mol. The van der Waals surface area contributed by atoms with Gasteiger partial charge in [-0.1, -0.05) is 352 Å². The highest BCUT2D eigenvalue weighted by molar-refractivity contribution is 5.71. The van der Waals surface area contributed by atoms with Crippen LogP contribution >= 0.6 is 0 Å². The topological polar surface area (TPSA) is 78.9 Å². The van der Waals surface area contributed by atoms with Crippen molar-refractivity contribution < 1.29 is 28.6 Å². The smallest absolute Gasteiger partial charge is 0.306 e. The van der Waals surface area contributed by atoms with Crippen molar-refractivity contribution >= 4 is 17.9 Å². The molecule has 0 aromatic heterocycles. The number of allylic oxidation sites excluding steroid dienone is 8. The molecule has 1 atom stereocenters. The molecule has 0 N–H and O–H groups in total. The summed E-state index contributed by atoms with van der Waals surface area (Å²) in [5.74, 6) is -0.848. The minimum absolute atomic E-state index is 0.0696. The lowest BCUT2D eigenvalue weighted by Crippen LogP contribution is -2.30. The summed E-state index contributed by atoms with van der Waals surface area (Å²) in [6.07, 6.45) is 91.6. The first-order valence-corrected chi connectivity index (χ1v) is 37.1. The van der Waals surface area contributed by atoms with Gasteiger partial charge in [-0.3, -0.25) is 14.4 Å². The predicted octanol–water partition coefficient (Wildman–Crippen LogP) is 25.7. The molecule has 0 amide bonds. The quantitative estimate of drug-likeness (QED) is 0.0261. The van der Waals surface area contributed by atoms with Crippen molar-refractivity contribution in [3.05, 3.63) is 48.6 Å². The van der Waals surface area contributed by atoms with Gasteiger partial charge in [-0.15, -0.1) is 0 Å². The van der Waals surface area contributed by atoms with E-state index in [1.165, 1.54) is 289 Å². The van der Waals surface area contributed by atoms with E-state index in [9.17, 15) is 14.4 Å². The van der Waals surface area contributed by atoms with Crippen LogP contribution in [0.3, 0.4) is 0 Å². The van der Waals surface area contributed by atoms with Crippen molar-refractivity contribution in [1.82, 2.24) is 0 Å². The molecule has 486 valence electrons. The van der Waals surface area contributed by atoms with Crippen LogP contribution in [0.1, 0.15) is 406 Å². The van der Waals surface area contributed by atoms with Crippen molar-refractivity contribution in [2.24, 2.45) is 0 Å². The zero-order valence-electron chi connectivity index (χ0n) is 56.0. The summed E-state index contributed by atoms with van der Waals surface area (Å²) in [5.41, 5.74) is 0. The van der Waals surface area contributed by atoms with Gasteiger partial charge in [0.15, 0.2) is 6.10 Å². The van der Waals surface area contributed by atoms with Crippen molar-refractivity contribution in [3.63, 3.8) is 0 Å². The summed E-state index contributed by atoms with van der Waals surface area (Å²) >= 11 is 0. The van der Waals surface area contributed by atoms with Gasteiger partial charge in [-0.05, 0) is 83.5 Å². The molecule has 6 nitrogen and oxygen atoms in total. The molecule has 0 aromatic rings. The first-order chi connectivity index (χ1) is 41.0. The first kappa shape index (κ1) is 80.4. The normalized spacial score (nSPS) is 12.3. The second kappa shape index (κ2) is 71.8. The second-order valence-electron chi connectivity index (χ2n) is 25.2. The molecule has 0 heterocycles. The van der Waals surface area contributed by atoms with Crippen LogP contribution in [0.5, 0.6) is 0 Å². The maximum Gasteiger partial charge on any atom is 0.306 e. The van der Waals surface area contributed by atoms with Gasteiger partial charge in [-0.2, -0.15) is 0 Å². The molecular formula is C77H142O6. The molecule has 0 fully saturated rings. The Balaban J connectivity index is 4.15. The average Bonchev–Trinajstić information content (AvgIpc) is 3.49. The second-order valence-corrected chi connectivity index (χ2v) is 25.2. The van der Waals surface area contributed by atoms with Crippen LogP contribution in [0.4, 0.5) is 0 Å². The van der Waals surface area contributed by atoms with Gasteiger partial charge in [0, 0.05) is 19.3 Å². The van der Waals surface area contributed by atoms with Crippen LogP contribution in [0.2, 0.25) is 0 Å². The fraction of sp³-hybridized carbons (Fsp3) is 0.857. The van der Waals surface area contributed by atoms with E-state index in [-0.39, 0.29) is 31.1 Å². The molecule has 6 heteroatoms. The average molecular weight is 1160 g/mol. The van der Waals surface area contributed by atoms with Crippen molar-refractivity contribution in [3.8, 4) is 0 Å². The van der Waals surface area contributed by atoms with Crippen molar-refractivity contribution in [2.75, 3.05) is 13.2 Å². The van der Waals surface area contributed by atoms with E-state index in [0.717, 1.165) is 77.0 Å². The van der Waals surface area contributed by atoms with Crippen LogP contribution in [0.25, 0.3) is 0 Å². The molecule has 0 radical (unpaired) electrons. The first-order valence-electron chi connectivity index (χ1n) is 37.1. The third-order valence-electron chi connectivity index (χ3n) is 16.8. The molecule has 0 saturated carbocycles. The largest absolute Gasteiger partial charge is 0.462 e.